The highest BCUT2D eigenvalue weighted by Gasteiger charge is 2.10. The van der Waals surface area contributed by atoms with Crippen molar-refractivity contribution < 1.29 is 8.78 Å². The van der Waals surface area contributed by atoms with Gasteiger partial charge in [-0.05, 0) is 42.4 Å². The van der Waals surface area contributed by atoms with Gasteiger partial charge in [0.1, 0.15) is 17.7 Å². The minimum atomic E-state index is -0.499. The van der Waals surface area contributed by atoms with Gasteiger partial charge < -0.3 is 5.32 Å². The monoisotopic (exact) mass is 304 g/mol. The van der Waals surface area contributed by atoms with Crippen LogP contribution in [-0.2, 0) is 6.54 Å². The van der Waals surface area contributed by atoms with Gasteiger partial charge in [0.05, 0.1) is 10.5 Å². The second-order valence-electron chi connectivity index (χ2n) is 4.40. The highest BCUT2D eigenvalue weighted by Crippen LogP contribution is 2.33. The van der Waals surface area contributed by atoms with E-state index in [-0.39, 0.29) is 4.90 Å². The van der Waals surface area contributed by atoms with Gasteiger partial charge in [0.25, 0.3) is 0 Å². The van der Waals surface area contributed by atoms with Crippen molar-refractivity contribution in [3.63, 3.8) is 0 Å². The van der Waals surface area contributed by atoms with E-state index in [1.165, 1.54) is 0 Å². The Morgan fingerprint density at radius 1 is 1.14 bits per heavy atom. The summed E-state index contributed by atoms with van der Waals surface area (Å²) in [6.45, 7) is 3.51. The molecule has 0 saturated carbocycles. The molecule has 0 aliphatic carbocycles. The molecular weight excluding hydrogens is 290 g/mol. The minimum absolute atomic E-state index is 0.172. The molecule has 0 bridgehead atoms. The van der Waals surface area contributed by atoms with E-state index in [1.807, 2.05) is 13.0 Å². The number of nitriles is 1. The van der Waals surface area contributed by atoms with Crippen LogP contribution in [0, 0.1) is 23.0 Å². The molecule has 0 aliphatic heterocycles. The van der Waals surface area contributed by atoms with Crippen molar-refractivity contribution in [3.05, 3.63) is 59.2 Å². The fourth-order valence-corrected chi connectivity index (χ4v) is 2.73. The summed E-state index contributed by atoms with van der Waals surface area (Å²) in [5.74, 6) is -0.997. The maximum Gasteiger partial charge on any atom is 0.137 e. The molecule has 108 valence electrons. The predicted octanol–water partition coefficient (Wildman–Crippen LogP) is 4.10. The molecule has 0 atom stereocenters. The second kappa shape index (κ2) is 7.21. The van der Waals surface area contributed by atoms with Crippen molar-refractivity contribution >= 4 is 11.8 Å². The van der Waals surface area contributed by atoms with Crippen LogP contribution in [0.3, 0.4) is 0 Å². The summed E-state index contributed by atoms with van der Waals surface area (Å²) in [6.07, 6.45) is 0. The molecular formula is C16H14F2N2S. The molecule has 0 radical (unpaired) electrons. The lowest BCUT2D eigenvalue weighted by molar-refractivity contribution is 0.577. The minimum Gasteiger partial charge on any atom is -0.313 e. The van der Waals surface area contributed by atoms with E-state index in [1.54, 1.807) is 12.1 Å². The number of benzene rings is 2. The summed E-state index contributed by atoms with van der Waals surface area (Å²) in [5, 5.41) is 12.4. The van der Waals surface area contributed by atoms with Crippen LogP contribution in [0.1, 0.15) is 18.1 Å². The van der Waals surface area contributed by atoms with Crippen LogP contribution in [0.2, 0.25) is 0 Å². The highest BCUT2D eigenvalue weighted by atomic mass is 32.2. The van der Waals surface area contributed by atoms with Gasteiger partial charge in [0.2, 0.25) is 0 Å². The van der Waals surface area contributed by atoms with Gasteiger partial charge in [-0.25, -0.2) is 8.78 Å². The quantitative estimate of drug-likeness (QED) is 0.903. The molecule has 5 heteroatoms. The topological polar surface area (TPSA) is 35.8 Å². The maximum absolute atomic E-state index is 13.7. The number of nitrogens with one attached hydrogen (secondary N) is 1. The fourth-order valence-electron chi connectivity index (χ4n) is 1.81. The average molecular weight is 304 g/mol. The molecule has 1 N–H and O–H groups in total. The molecule has 0 unspecified atom stereocenters. The van der Waals surface area contributed by atoms with Crippen LogP contribution in [0.15, 0.2) is 46.2 Å². The molecule has 21 heavy (non-hydrogen) atoms. The molecule has 0 aliphatic rings. The summed E-state index contributed by atoms with van der Waals surface area (Å²) in [6, 6.07) is 10.8. The van der Waals surface area contributed by atoms with Crippen LogP contribution in [0.5, 0.6) is 0 Å². The number of hydrogen-bond acceptors (Lipinski definition) is 3. The van der Waals surface area contributed by atoms with Crippen LogP contribution in [0.25, 0.3) is 0 Å². The summed E-state index contributed by atoms with van der Waals surface area (Å²) in [4.78, 5) is 0.785. The van der Waals surface area contributed by atoms with E-state index in [4.69, 9.17) is 0 Å². The fraction of sp³-hybridized carbons (Fsp3) is 0.188. The lowest BCUT2D eigenvalue weighted by Gasteiger charge is -2.08. The molecule has 0 spiro atoms. The Morgan fingerprint density at radius 2 is 1.95 bits per heavy atom. The molecule has 0 fully saturated rings. The van der Waals surface area contributed by atoms with E-state index in [0.29, 0.717) is 17.0 Å². The van der Waals surface area contributed by atoms with Gasteiger partial charge in [-0.2, -0.15) is 5.26 Å². The smallest absolute Gasteiger partial charge is 0.137 e. The number of hydrogen-bond donors (Lipinski definition) is 1. The molecule has 0 saturated heterocycles. The van der Waals surface area contributed by atoms with Gasteiger partial charge in [0.15, 0.2) is 0 Å². The van der Waals surface area contributed by atoms with E-state index < -0.39 is 11.6 Å². The third kappa shape index (κ3) is 4.03. The standard InChI is InChI=1S/C16H14F2N2S/c1-2-20-10-11-3-6-15(12(7-11)9-19)21-16-8-13(17)4-5-14(16)18/h3-8,20H,2,10H2,1H3. The van der Waals surface area contributed by atoms with Crippen molar-refractivity contribution in [2.75, 3.05) is 6.54 Å². The molecule has 0 heterocycles. The largest absolute Gasteiger partial charge is 0.313 e. The Labute approximate surface area is 126 Å². The van der Waals surface area contributed by atoms with Gasteiger partial charge in [-0.3, -0.25) is 0 Å². The Kier molecular flexibility index (Phi) is 5.32. The average Bonchev–Trinajstić information content (AvgIpc) is 2.49. The third-order valence-corrected chi connectivity index (χ3v) is 3.97. The molecule has 2 rings (SSSR count). The Morgan fingerprint density at radius 3 is 2.67 bits per heavy atom. The summed E-state index contributed by atoms with van der Waals surface area (Å²) < 4.78 is 26.8. The first kappa shape index (κ1) is 15.5. The third-order valence-electron chi connectivity index (χ3n) is 2.86. The lowest BCUT2D eigenvalue weighted by atomic mass is 10.1. The summed E-state index contributed by atoms with van der Waals surface area (Å²) in [5.41, 5.74) is 1.44. The number of nitrogens with zero attached hydrogens (tertiary/aromatic N) is 1. The Bertz CT molecular complexity index is 680. The van der Waals surface area contributed by atoms with Gasteiger partial charge in [-0.1, -0.05) is 24.8 Å². The highest BCUT2D eigenvalue weighted by molar-refractivity contribution is 7.99. The summed E-state index contributed by atoms with van der Waals surface area (Å²) >= 11 is 1.05. The van der Waals surface area contributed by atoms with Crippen molar-refractivity contribution in [2.24, 2.45) is 0 Å². The number of halogens is 2. The number of rotatable bonds is 5. The van der Waals surface area contributed by atoms with E-state index >= 15 is 0 Å². The zero-order chi connectivity index (χ0) is 15.2. The van der Waals surface area contributed by atoms with Gasteiger partial charge in [0, 0.05) is 11.4 Å². The first-order valence-corrected chi connectivity index (χ1v) is 7.32. The Balaban J connectivity index is 2.27. The van der Waals surface area contributed by atoms with Crippen molar-refractivity contribution in [2.45, 2.75) is 23.3 Å². The van der Waals surface area contributed by atoms with Crippen LogP contribution < -0.4 is 5.32 Å². The Hall–Kier alpha value is -1.90. The zero-order valence-electron chi connectivity index (χ0n) is 11.5. The van der Waals surface area contributed by atoms with Crippen molar-refractivity contribution in [1.82, 2.24) is 5.32 Å². The molecule has 2 nitrogen and oxygen atoms in total. The molecule has 2 aromatic carbocycles. The first-order valence-electron chi connectivity index (χ1n) is 6.50. The lowest BCUT2D eigenvalue weighted by Crippen LogP contribution is -2.11. The van der Waals surface area contributed by atoms with Gasteiger partial charge in [-0.15, -0.1) is 0 Å². The SMILES string of the molecule is CCNCc1ccc(Sc2cc(F)ccc2F)c(C#N)c1. The first-order chi connectivity index (χ1) is 10.1. The maximum atomic E-state index is 13.7. The van der Waals surface area contributed by atoms with Crippen molar-refractivity contribution in [3.8, 4) is 6.07 Å². The van der Waals surface area contributed by atoms with E-state index in [0.717, 1.165) is 42.1 Å². The second-order valence-corrected chi connectivity index (χ2v) is 5.48. The molecule has 0 aromatic heterocycles. The van der Waals surface area contributed by atoms with E-state index in [9.17, 15) is 14.0 Å². The van der Waals surface area contributed by atoms with Crippen molar-refractivity contribution in [1.29, 1.82) is 5.26 Å². The zero-order valence-corrected chi connectivity index (χ0v) is 12.3. The summed E-state index contributed by atoms with van der Waals surface area (Å²) in [7, 11) is 0. The van der Waals surface area contributed by atoms with Crippen LogP contribution in [0.4, 0.5) is 8.78 Å². The van der Waals surface area contributed by atoms with E-state index in [2.05, 4.69) is 11.4 Å². The normalized spacial score (nSPS) is 10.4. The molecule has 2 aromatic rings. The van der Waals surface area contributed by atoms with Gasteiger partial charge >= 0.3 is 0 Å². The molecule has 0 amide bonds. The predicted molar refractivity (Wildman–Crippen MR) is 79.0 cm³/mol. The van der Waals surface area contributed by atoms with Crippen LogP contribution >= 0.6 is 11.8 Å². The van der Waals surface area contributed by atoms with Crippen LogP contribution in [-0.4, -0.2) is 6.54 Å².